The van der Waals surface area contributed by atoms with Crippen LogP contribution in [0, 0.1) is 0 Å². The molecule has 0 aliphatic carbocycles. The number of nitrogens with one attached hydrogen (secondary N) is 2. The number of aromatic nitrogens is 1. The summed E-state index contributed by atoms with van der Waals surface area (Å²) < 4.78 is 0. The summed E-state index contributed by atoms with van der Waals surface area (Å²) in [5, 5.41) is 5.49. The Kier molecular flexibility index (Phi) is 4.00. The number of hydrogen-bond acceptors (Lipinski definition) is 3. The van der Waals surface area contributed by atoms with E-state index in [1.165, 1.54) is 12.8 Å². The number of rotatable bonds is 3. The molecule has 0 radical (unpaired) electrons. The maximum atomic E-state index is 11.9. The first-order valence-electron chi connectivity index (χ1n) is 7.15. The molecule has 0 spiro atoms. The summed E-state index contributed by atoms with van der Waals surface area (Å²) in [6, 6.07) is 12.9. The second-order valence-electron chi connectivity index (χ2n) is 5.04. The molecule has 0 atom stereocenters. The molecule has 0 unspecified atom stereocenters. The third-order valence-electron chi connectivity index (χ3n) is 3.49. The van der Waals surface area contributed by atoms with Crippen molar-refractivity contribution < 1.29 is 4.79 Å². The quantitative estimate of drug-likeness (QED) is 0.908. The van der Waals surface area contributed by atoms with Crippen molar-refractivity contribution in [1.82, 2.24) is 4.98 Å². The summed E-state index contributed by atoms with van der Waals surface area (Å²) >= 11 is 0. The largest absolute Gasteiger partial charge is 0.370 e. The van der Waals surface area contributed by atoms with Crippen molar-refractivity contribution in [2.24, 2.45) is 0 Å². The van der Waals surface area contributed by atoms with Gasteiger partial charge in [0.15, 0.2) is 0 Å². The Morgan fingerprint density at radius 3 is 2.43 bits per heavy atom. The van der Waals surface area contributed by atoms with E-state index in [1.54, 1.807) is 0 Å². The van der Waals surface area contributed by atoms with E-state index in [1.807, 2.05) is 48.7 Å². The van der Waals surface area contributed by atoms with Gasteiger partial charge in [0, 0.05) is 18.8 Å². The number of para-hydroxylation sites is 1. The topological polar surface area (TPSA) is 57.3 Å². The second-order valence-corrected chi connectivity index (χ2v) is 5.04. The molecular weight excluding hydrogens is 264 g/mol. The number of anilines is 3. The molecule has 1 aliphatic heterocycles. The number of pyridine rings is 1. The zero-order valence-electron chi connectivity index (χ0n) is 11.7. The van der Waals surface area contributed by atoms with Gasteiger partial charge in [0.2, 0.25) is 0 Å². The van der Waals surface area contributed by atoms with Crippen LogP contribution in [0.3, 0.4) is 0 Å². The van der Waals surface area contributed by atoms with E-state index in [2.05, 4.69) is 20.5 Å². The Bertz CT molecular complexity index is 591. The van der Waals surface area contributed by atoms with E-state index in [-0.39, 0.29) is 6.03 Å². The van der Waals surface area contributed by atoms with Crippen LogP contribution in [0.5, 0.6) is 0 Å². The van der Waals surface area contributed by atoms with E-state index in [0.717, 1.165) is 24.5 Å². The number of hydrogen-bond donors (Lipinski definition) is 2. The highest BCUT2D eigenvalue weighted by Crippen LogP contribution is 2.20. The minimum Gasteiger partial charge on any atom is -0.370 e. The van der Waals surface area contributed by atoms with E-state index in [0.29, 0.717) is 5.82 Å². The lowest BCUT2D eigenvalue weighted by Crippen LogP contribution is -2.21. The van der Waals surface area contributed by atoms with Gasteiger partial charge in [0.25, 0.3) is 0 Å². The average molecular weight is 282 g/mol. The van der Waals surface area contributed by atoms with Crippen molar-refractivity contribution in [1.29, 1.82) is 0 Å². The van der Waals surface area contributed by atoms with Gasteiger partial charge in [0.1, 0.15) is 5.82 Å². The van der Waals surface area contributed by atoms with Gasteiger partial charge in [-0.2, -0.15) is 0 Å². The Balaban J connectivity index is 1.58. The molecular formula is C16H18N4O. The first-order chi connectivity index (χ1) is 10.3. The number of nitrogens with zero attached hydrogens (tertiary/aromatic N) is 2. The molecule has 1 saturated heterocycles. The van der Waals surface area contributed by atoms with E-state index >= 15 is 0 Å². The second kappa shape index (κ2) is 6.26. The van der Waals surface area contributed by atoms with E-state index in [4.69, 9.17) is 0 Å². The van der Waals surface area contributed by atoms with Crippen molar-refractivity contribution in [3.8, 4) is 0 Å². The molecule has 1 aromatic carbocycles. The van der Waals surface area contributed by atoms with Gasteiger partial charge >= 0.3 is 6.03 Å². The van der Waals surface area contributed by atoms with Crippen LogP contribution in [0.1, 0.15) is 12.8 Å². The first-order valence-corrected chi connectivity index (χ1v) is 7.15. The molecule has 3 rings (SSSR count). The van der Waals surface area contributed by atoms with Crippen LogP contribution in [0.15, 0.2) is 48.7 Å². The van der Waals surface area contributed by atoms with E-state index < -0.39 is 0 Å². The van der Waals surface area contributed by atoms with E-state index in [9.17, 15) is 4.79 Å². The molecule has 2 N–H and O–H groups in total. The van der Waals surface area contributed by atoms with Crippen molar-refractivity contribution >= 4 is 23.2 Å². The third kappa shape index (κ3) is 3.51. The van der Waals surface area contributed by atoms with Crippen LogP contribution < -0.4 is 15.5 Å². The minimum absolute atomic E-state index is 0.289. The highest BCUT2D eigenvalue weighted by molar-refractivity contribution is 5.99. The smallest absolute Gasteiger partial charge is 0.324 e. The highest BCUT2D eigenvalue weighted by atomic mass is 16.2. The Morgan fingerprint density at radius 1 is 1.00 bits per heavy atom. The SMILES string of the molecule is O=C(Nc1ccccc1)Nc1ccc(N2CCCC2)cn1. The number of amides is 2. The summed E-state index contributed by atoms with van der Waals surface area (Å²) in [4.78, 5) is 18.4. The molecule has 5 nitrogen and oxygen atoms in total. The van der Waals surface area contributed by atoms with Gasteiger partial charge in [-0.3, -0.25) is 5.32 Å². The van der Waals surface area contributed by atoms with Crippen molar-refractivity contribution in [3.63, 3.8) is 0 Å². The Morgan fingerprint density at radius 2 is 1.76 bits per heavy atom. The zero-order valence-corrected chi connectivity index (χ0v) is 11.7. The van der Waals surface area contributed by atoms with Crippen LogP contribution in [0.25, 0.3) is 0 Å². The Labute approximate surface area is 124 Å². The zero-order chi connectivity index (χ0) is 14.5. The number of carbonyl (C=O) groups excluding carboxylic acids is 1. The van der Waals surface area contributed by atoms with Crippen molar-refractivity contribution in [3.05, 3.63) is 48.7 Å². The molecule has 1 aliphatic rings. The monoisotopic (exact) mass is 282 g/mol. The molecule has 2 amide bonds. The lowest BCUT2D eigenvalue weighted by molar-refractivity contribution is 0.262. The van der Waals surface area contributed by atoms with Crippen molar-refractivity contribution in [2.45, 2.75) is 12.8 Å². The van der Waals surface area contributed by atoms with Gasteiger partial charge in [-0.05, 0) is 37.1 Å². The Hall–Kier alpha value is -2.56. The lowest BCUT2D eigenvalue weighted by Gasteiger charge is -2.17. The third-order valence-corrected chi connectivity index (χ3v) is 3.49. The number of carbonyl (C=O) groups is 1. The van der Waals surface area contributed by atoms with Gasteiger partial charge in [-0.1, -0.05) is 18.2 Å². The fraction of sp³-hybridized carbons (Fsp3) is 0.250. The standard InChI is InChI=1S/C16H18N4O/c21-16(18-13-6-2-1-3-7-13)19-15-9-8-14(12-17-15)20-10-4-5-11-20/h1-3,6-9,12H,4-5,10-11H2,(H2,17,18,19,21). The van der Waals surface area contributed by atoms with Crippen LogP contribution >= 0.6 is 0 Å². The summed E-state index contributed by atoms with van der Waals surface area (Å²) in [7, 11) is 0. The minimum atomic E-state index is -0.289. The van der Waals surface area contributed by atoms with Crippen LogP contribution in [-0.2, 0) is 0 Å². The fourth-order valence-electron chi connectivity index (χ4n) is 2.42. The summed E-state index contributed by atoms with van der Waals surface area (Å²) in [6.07, 6.45) is 4.28. The predicted octanol–water partition coefficient (Wildman–Crippen LogP) is 3.33. The highest BCUT2D eigenvalue weighted by Gasteiger charge is 2.12. The molecule has 108 valence electrons. The lowest BCUT2D eigenvalue weighted by atomic mass is 10.3. The fourth-order valence-corrected chi connectivity index (χ4v) is 2.42. The molecule has 0 bridgehead atoms. The summed E-state index contributed by atoms with van der Waals surface area (Å²) in [6.45, 7) is 2.17. The van der Waals surface area contributed by atoms with Gasteiger partial charge in [0.05, 0.1) is 11.9 Å². The summed E-state index contributed by atoms with van der Waals surface area (Å²) in [5.74, 6) is 0.548. The van der Waals surface area contributed by atoms with Gasteiger partial charge in [-0.25, -0.2) is 9.78 Å². The van der Waals surface area contributed by atoms with Gasteiger partial charge in [-0.15, -0.1) is 0 Å². The van der Waals surface area contributed by atoms with Crippen LogP contribution in [-0.4, -0.2) is 24.1 Å². The molecule has 2 aromatic rings. The molecule has 5 heteroatoms. The molecule has 21 heavy (non-hydrogen) atoms. The molecule has 0 saturated carbocycles. The molecule has 1 fully saturated rings. The van der Waals surface area contributed by atoms with Gasteiger partial charge < -0.3 is 10.2 Å². The average Bonchev–Trinajstić information content (AvgIpc) is 3.03. The summed E-state index contributed by atoms with van der Waals surface area (Å²) in [5.41, 5.74) is 1.87. The first kappa shape index (κ1) is 13.4. The predicted molar refractivity (Wildman–Crippen MR) is 84.8 cm³/mol. The molecule has 2 heterocycles. The number of benzene rings is 1. The normalized spacial score (nSPS) is 14.0. The van der Waals surface area contributed by atoms with Crippen molar-refractivity contribution in [2.75, 3.05) is 28.6 Å². The number of urea groups is 1. The maximum absolute atomic E-state index is 11.9. The maximum Gasteiger partial charge on any atom is 0.324 e. The van der Waals surface area contributed by atoms with Crippen LogP contribution in [0.2, 0.25) is 0 Å². The molecule has 1 aromatic heterocycles. The van der Waals surface area contributed by atoms with Crippen LogP contribution in [0.4, 0.5) is 22.0 Å².